The average molecular weight is 369 g/mol. The number of hydrogen-bond acceptors (Lipinski definition) is 7. The summed E-state index contributed by atoms with van der Waals surface area (Å²) in [5.41, 5.74) is 0.0778. The molecule has 0 unspecified atom stereocenters. The highest BCUT2D eigenvalue weighted by atomic mass is 16.6. The summed E-state index contributed by atoms with van der Waals surface area (Å²) < 4.78 is 9.92. The molecule has 1 N–H and O–H groups in total. The summed E-state index contributed by atoms with van der Waals surface area (Å²) in [7, 11) is 1.16. The van der Waals surface area contributed by atoms with E-state index >= 15 is 0 Å². The molecule has 0 aliphatic heterocycles. The van der Waals surface area contributed by atoms with Crippen LogP contribution in [0.15, 0.2) is 42.5 Å². The van der Waals surface area contributed by atoms with E-state index in [-0.39, 0.29) is 16.9 Å². The van der Waals surface area contributed by atoms with Gasteiger partial charge in [0.2, 0.25) is 0 Å². The molecule has 2 aromatic rings. The van der Waals surface area contributed by atoms with Gasteiger partial charge in [-0.1, -0.05) is 12.1 Å². The van der Waals surface area contributed by atoms with Crippen LogP contribution in [-0.4, -0.2) is 30.0 Å². The van der Waals surface area contributed by atoms with Crippen LogP contribution in [0, 0.1) is 21.4 Å². The summed E-state index contributed by atoms with van der Waals surface area (Å²) in [5, 5.41) is 22.8. The number of nitro benzene ring substituents is 1. The molecule has 0 spiro atoms. The normalized spacial score (nSPS) is 11.0. The first-order chi connectivity index (χ1) is 12.9. The lowest BCUT2D eigenvalue weighted by atomic mass is 10.2. The quantitative estimate of drug-likeness (QED) is 0.470. The van der Waals surface area contributed by atoms with Crippen molar-refractivity contribution >= 4 is 23.3 Å². The molecular weight excluding hydrogens is 354 g/mol. The van der Waals surface area contributed by atoms with Crippen molar-refractivity contribution in [2.75, 3.05) is 12.4 Å². The summed E-state index contributed by atoms with van der Waals surface area (Å²) in [6, 6.07) is 11.9. The Morgan fingerprint density at radius 2 is 1.96 bits per heavy atom. The first kappa shape index (κ1) is 19.4. The van der Waals surface area contributed by atoms with Gasteiger partial charge in [-0.05, 0) is 31.2 Å². The summed E-state index contributed by atoms with van der Waals surface area (Å²) in [5.74, 6) is -1.50. The standard InChI is InChI=1S/C18H15N3O6/c1-11(17(22)20-14-6-4-3-5-13(14)10-19)27-16-8-7-12(18(23)26-2)9-15(16)21(24)25/h3-9,11H,1-2H3,(H,20,22)/t11-/m0/s1. The van der Waals surface area contributed by atoms with Crippen LogP contribution in [0.1, 0.15) is 22.8 Å². The van der Waals surface area contributed by atoms with E-state index in [0.717, 1.165) is 13.2 Å². The number of benzene rings is 2. The Morgan fingerprint density at radius 1 is 1.26 bits per heavy atom. The van der Waals surface area contributed by atoms with Crippen LogP contribution >= 0.6 is 0 Å². The minimum atomic E-state index is -1.10. The van der Waals surface area contributed by atoms with Crippen molar-refractivity contribution in [1.82, 2.24) is 0 Å². The van der Waals surface area contributed by atoms with Crippen molar-refractivity contribution in [3.05, 3.63) is 63.7 Å². The number of nitrogens with zero attached hydrogens (tertiary/aromatic N) is 2. The number of nitro groups is 1. The van der Waals surface area contributed by atoms with Crippen molar-refractivity contribution in [2.24, 2.45) is 0 Å². The lowest BCUT2D eigenvalue weighted by Crippen LogP contribution is -2.30. The van der Waals surface area contributed by atoms with Gasteiger partial charge in [0.15, 0.2) is 11.9 Å². The SMILES string of the molecule is COC(=O)c1ccc(O[C@@H](C)C(=O)Nc2ccccc2C#N)c([N+](=O)[O-])c1. The van der Waals surface area contributed by atoms with Gasteiger partial charge in [0.1, 0.15) is 6.07 Å². The molecule has 0 aliphatic rings. The van der Waals surface area contributed by atoms with E-state index in [0.29, 0.717) is 5.69 Å². The Labute approximate surface area is 154 Å². The number of carbonyl (C=O) groups is 2. The zero-order valence-electron chi connectivity index (χ0n) is 14.5. The summed E-state index contributed by atoms with van der Waals surface area (Å²) in [4.78, 5) is 34.3. The van der Waals surface area contributed by atoms with E-state index in [1.807, 2.05) is 6.07 Å². The van der Waals surface area contributed by atoms with Crippen LogP contribution < -0.4 is 10.1 Å². The number of carbonyl (C=O) groups excluding carboxylic acids is 2. The number of methoxy groups -OCH3 is 1. The lowest BCUT2D eigenvalue weighted by molar-refractivity contribution is -0.386. The highest BCUT2D eigenvalue weighted by molar-refractivity contribution is 5.95. The van der Waals surface area contributed by atoms with Crippen molar-refractivity contribution < 1.29 is 24.0 Å². The number of ether oxygens (including phenoxy) is 2. The van der Waals surface area contributed by atoms with E-state index in [1.54, 1.807) is 18.2 Å². The van der Waals surface area contributed by atoms with Gasteiger partial charge in [0.25, 0.3) is 5.91 Å². The van der Waals surface area contributed by atoms with E-state index < -0.39 is 28.6 Å². The van der Waals surface area contributed by atoms with Crippen molar-refractivity contribution in [3.63, 3.8) is 0 Å². The zero-order valence-corrected chi connectivity index (χ0v) is 14.5. The molecule has 138 valence electrons. The number of anilines is 1. The summed E-state index contributed by atoms with van der Waals surface area (Å²) in [6.07, 6.45) is -1.10. The molecule has 1 amide bonds. The van der Waals surface area contributed by atoms with Crippen LogP contribution in [-0.2, 0) is 9.53 Å². The molecule has 2 aromatic carbocycles. The fraction of sp³-hybridized carbons (Fsp3) is 0.167. The number of hydrogen-bond donors (Lipinski definition) is 1. The molecule has 2 rings (SSSR count). The van der Waals surface area contributed by atoms with Gasteiger partial charge in [-0.3, -0.25) is 14.9 Å². The van der Waals surface area contributed by atoms with E-state index in [9.17, 15) is 19.7 Å². The number of nitriles is 1. The molecule has 0 saturated carbocycles. The van der Waals surface area contributed by atoms with Gasteiger partial charge >= 0.3 is 11.7 Å². The van der Waals surface area contributed by atoms with E-state index in [1.165, 1.54) is 25.1 Å². The second kappa shape index (κ2) is 8.44. The third-order valence-electron chi connectivity index (χ3n) is 3.56. The molecule has 9 nitrogen and oxygen atoms in total. The highest BCUT2D eigenvalue weighted by Crippen LogP contribution is 2.29. The van der Waals surface area contributed by atoms with Gasteiger partial charge in [0, 0.05) is 6.07 Å². The monoisotopic (exact) mass is 369 g/mol. The van der Waals surface area contributed by atoms with Crippen LogP contribution in [0.4, 0.5) is 11.4 Å². The number of nitrogens with one attached hydrogen (secondary N) is 1. The molecule has 0 aliphatic carbocycles. The lowest BCUT2D eigenvalue weighted by Gasteiger charge is -2.15. The van der Waals surface area contributed by atoms with E-state index in [4.69, 9.17) is 10.00 Å². The van der Waals surface area contributed by atoms with Gasteiger partial charge in [0.05, 0.1) is 28.8 Å². The molecule has 9 heteroatoms. The maximum Gasteiger partial charge on any atom is 0.338 e. The van der Waals surface area contributed by atoms with Crippen molar-refractivity contribution in [2.45, 2.75) is 13.0 Å². The van der Waals surface area contributed by atoms with E-state index in [2.05, 4.69) is 10.1 Å². The minimum absolute atomic E-state index is 0.0170. The first-order valence-electron chi connectivity index (χ1n) is 7.70. The second-order valence-electron chi connectivity index (χ2n) is 5.34. The third kappa shape index (κ3) is 4.58. The smallest absolute Gasteiger partial charge is 0.338 e. The minimum Gasteiger partial charge on any atom is -0.474 e. The average Bonchev–Trinajstić information content (AvgIpc) is 2.67. The first-order valence-corrected chi connectivity index (χ1v) is 7.70. The fourth-order valence-corrected chi connectivity index (χ4v) is 2.17. The van der Waals surface area contributed by atoms with Crippen molar-refractivity contribution in [1.29, 1.82) is 5.26 Å². The number of para-hydroxylation sites is 1. The van der Waals surface area contributed by atoms with Gasteiger partial charge in [-0.2, -0.15) is 5.26 Å². The Hall–Kier alpha value is -3.93. The fourth-order valence-electron chi connectivity index (χ4n) is 2.17. The molecule has 0 heterocycles. The molecule has 0 fully saturated rings. The molecular formula is C18H15N3O6. The predicted molar refractivity (Wildman–Crippen MR) is 94.3 cm³/mol. The Bertz CT molecular complexity index is 935. The molecule has 0 saturated heterocycles. The Balaban J connectivity index is 2.20. The Kier molecular flexibility index (Phi) is 6.06. The predicted octanol–water partition coefficient (Wildman–Crippen LogP) is 2.66. The number of amides is 1. The third-order valence-corrected chi connectivity index (χ3v) is 3.56. The Morgan fingerprint density at radius 3 is 2.59 bits per heavy atom. The molecule has 27 heavy (non-hydrogen) atoms. The topological polar surface area (TPSA) is 132 Å². The maximum atomic E-state index is 12.3. The van der Waals surface area contributed by atoms with Crippen LogP contribution in [0.5, 0.6) is 5.75 Å². The maximum absolute atomic E-state index is 12.3. The molecule has 0 aromatic heterocycles. The van der Waals surface area contributed by atoms with Gasteiger partial charge in [-0.15, -0.1) is 0 Å². The molecule has 0 bridgehead atoms. The highest BCUT2D eigenvalue weighted by Gasteiger charge is 2.23. The summed E-state index contributed by atoms with van der Waals surface area (Å²) in [6.45, 7) is 1.41. The number of rotatable bonds is 6. The zero-order chi connectivity index (χ0) is 20.0. The van der Waals surface area contributed by atoms with Gasteiger partial charge in [-0.25, -0.2) is 4.79 Å². The largest absolute Gasteiger partial charge is 0.474 e. The van der Waals surface area contributed by atoms with Crippen LogP contribution in [0.2, 0.25) is 0 Å². The molecule has 1 atom stereocenters. The number of esters is 1. The van der Waals surface area contributed by atoms with Crippen LogP contribution in [0.3, 0.4) is 0 Å². The second-order valence-corrected chi connectivity index (χ2v) is 5.34. The van der Waals surface area contributed by atoms with Gasteiger partial charge < -0.3 is 14.8 Å². The summed E-state index contributed by atoms with van der Waals surface area (Å²) >= 11 is 0. The van der Waals surface area contributed by atoms with Crippen molar-refractivity contribution in [3.8, 4) is 11.8 Å². The molecule has 0 radical (unpaired) electrons. The van der Waals surface area contributed by atoms with Crippen LogP contribution in [0.25, 0.3) is 0 Å².